The third-order valence-electron chi connectivity index (χ3n) is 13.8. The zero-order chi connectivity index (χ0) is 56.4. The highest BCUT2D eigenvalue weighted by Crippen LogP contribution is 2.43. The summed E-state index contributed by atoms with van der Waals surface area (Å²) in [5.41, 5.74) is 0. The van der Waals surface area contributed by atoms with Crippen LogP contribution >= 0.6 is 7.82 Å². The molecule has 77 heavy (non-hydrogen) atoms. The number of allylic oxidation sites excluding steroid dienone is 13. The van der Waals surface area contributed by atoms with Gasteiger partial charge in [-0.05, 0) is 102 Å². The minimum absolute atomic E-state index is 0.0350. The number of phosphoric acid groups is 1. The number of nitrogens with one attached hydrogen (secondary N) is 1. The molecule has 0 fully saturated rings. The molecule has 0 heterocycles. The lowest BCUT2D eigenvalue weighted by molar-refractivity contribution is -0.870. The summed E-state index contributed by atoms with van der Waals surface area (Å²) in [5.74, 6) is -0.527. The molecule has 0 aliphatic carbocycles. The van der Waals surface area contributed by atoms with Gasteiger partial charge >= 0.3 is 13.8 Å². The van der Waals surface area contributed by atoms with E-state index in [1.165, 1.54) is 141 Å². The van der Waals surface area contributed by atoms with Gasteiger partial charge in [-0.1, -0.05) is 247 Å². The van der Waals surface area contributed by atoms with Crippen molar-refractivity contribution in [3.05, 3.63) is 85.1 Å². The van der Waals surface area contributed by atoms with Crippen molar-refractivity contribution in [1.29, 1.82) is 0 Å². The number of hydrogen-bond acceptors (Lipinski definition) is 6. The number of amides is 1. The van der Waals surface area contributed by atoms with E-state index in [9.17, 15) is 19.0 Å². The van der Waals surface area contributed by atoms with Crippen molar-refractivity contribution >= 4 is 19.7 Å². The van der Waals surface area contributed by atoms with Gasteiger partial charge in [-0.15, -0.1) is 0 Å². The van der Waals surface area contributed by atoms with E-state index in [0.717, 1.165) is 96.3 Å². The zero-order valence-electron chi connectivity index (χ0n) is 50.9. The normalized spacial score (nSPS) is 14.2. The number of rotatable bonds is 57. The first-order valence-electron chi connectivity index (χ1n) is 31.9. The number of quaternary nitrogens is 1. The van der Waals surface area contributed by atoms with Crippen LogP contribution in [0.15, 0.2) is 85.1 Å². The van der Waals surface area contributed by atoms with E-state index in [0.29, 0.717) is 23.9 Å². The van der Waals surface area contributed by atoms with Crippen molar-refractivity contribution in [3.63, 3.8) is 0 Å². The SMILES string of the molecule is CC/C=C\C/C=C\C/C=C\C/C=C\C/C=C\CCCCCCCCCCCCCC(=O)NC(COP(=O)(O)OCC[N+](C)(C)C)C(/C=C\CCCCCCCCCCC)OC(=O)CCCCC/C=C\CCCCCCCC. The van der Waals surface area contributed by atoms with Crippen LogP contribution in [-0.4, -0.2) is 74.3 Å². The second kappa shape index (κ2) is 56.5. The minimum Gasteiger partial charge on any atom is -0.456 e. The standard InChI is InChI=1S/C67H121N2O7P/c1-7-10-13-16-19-22-25-27-28-29-30-31-32-33-34-35-36-37-38-39-40-42-44-47-50-53-56-59-66(70)68-64(63-75-77(72,73)74-62-61-69(4,5)6)65(58-55-52-49-46-43-24-21-18-15-12-9-3)76-67(71)60-57-54-51-48-45-41-26-23-20-17-14-11-8-2/h10,13,19,22,27-28,30-31,33-34,41,45,55,58,64-65H,7-9,11-12,14-18,20-21,23-26,29,32,35-40,42-44,46-54,56-57,59-63H2,1-6H3,(H-,68,70,72,73)/p+1/b13-10-,22-19-,28-27-,31-30-,34-33-,45-41-,58-55-. The summed E-state index contributed by atoms with van der Waals surface area (Å²) < 4.78 is 30.7. The number of nitrogens with zero attached hydrogens (tertiary/aromatic N) is 1. The van der Waals surface area contributed by atoms with Crippen LogP contribution in [0, 0.1) is 0 Å². The lowest BCUT2D eigenvalue weighted by Gasteiger charge is -2.27. The van der Waals surface area contributed by atoms with Crippen LogP contribution in [0.25, 0.3) is 0 Å². The van der Waals surface area contributed by atoms with E-state index in [-0.39, 0.29) is 31.5 Å². The molecular formula is C67H122N2O7P+. The molecule has 1 amide bonds. The molecule has 2 N–H and O–H groups in total. The Bertz CT molecular complexity index is 1590. The highest BCUT2D eigenvalue weighted by Gasteiger charge is 2.30. The Balaban J connectivity index is 5.05. The zero-order valence-corrected chi connectivity index (χ0v) is 51.8. The smallest absolute Gasteiger partial charge is 0.456 e. The van der Waals surface area contributed by atoms with Crippen molar-refractivity contribution in [2.45, 2.75) is 290 Å². The number of carbonyl (C=O) groups is 2. The molecule has 3 unspecified atom stereocenters. The Hall–Kier alpha value is -2.81. The first-order chi connectivity index (χ1) is 37.4. The van der Waals surface area contributed by atoms with Gasteiger partial charge in [0.05, 0.1) is 33.8 Å². The highest BCUT2D eigenvalue weighted by atomic mass is 31.2. The summed E-state index contributed by atoms with van der Waals surface area (Å²) in [6, 6.07) is -0.858. The predicted molar refractivity (Wildman–Crippen MR) is 332 cm³/mol. The van der Waals surface area contributed by atoms with E-state index >= 15 is 0 Å². The molecule has 0 aromatic heterocycles. The molecule has 0 saturated carbocycles. The lowest BCUT2D eigenvalue weighted by atomic mass is 10.0. The molecule has 446 valence electrons. The Kier molecular flexibility index (Phi) is 54.4. The molecule has 0 aromatic rings. The Morgan fingerprint density at radius 1 is 0.468 bits per heavy atom. The van der Waals surface area contributed by atoms with E-state index in [1.807, 2.05) is 33.3 Å². The molecule has 0 aromatic carbocycles. The first-order valence-corrected chi connectivity index (χ1v) is 33.4. The van der Waals surface area contributed by atoms with Crippen molar-refractivity contribution in [1.82, 2.24) is 5.32 Å². The van der Waals surface area contributed by atoms with Crippen LogP contribution in [0.2, 0.25) is 0 Å². The first kappa shape index (κ1) is 74.2. The molecule has 10 heteroatoms. The maximum Gasteiger partial charge on any atom is 0.472 e. The van der Waals surface area contributed by atoms with Crippen LogP contribution in [0.1, 0.15) is 278 Å². The topological polar surface area (TPSA) is 111 Å². The third kappa shape index (κ3) is 57.7. The summed E-state index contributed by atoms with van der Waals surface area (Å²) in [4.78, 5) is 37.7. The van der Waals surface area contributed by atoms with Crippen LogP contribution in [-0.2, 0) is 27.9 Å². The average molecular weight is 1100 g/mol. The minimum atomic E-state index is -4.45. The molecule has 0 rings (SSSR count). The van der Waals surface area contributed by atoms with Crippen molar-refractivity contribution in [2.75, 3.05) is 40.9 Å². The Morgan fingerprint density at radius 2 is 0.831 bits per heavy atom. The van der Waals surface area contributed by atoms with Gasteiger partial charge in [-0.3, -0.25) is 18.6 Å². The molecule has 3 atom stereocenters. The monoisotopic (exact) mass is 1100 g/mol. The fourth-order valence-electron chi connectivity index (χ4n) is 8.90. The Labute approximate surface area is 476 Å². The molecule has 0 bridgehead atoms. The second-order valence-corrected chi connectivity index (χ2v) is 24.0. The number of likely N-dealkylation sites (N-methyl/N-ethyl adjacent to an activating group) is 1. The van der Waals surface area contributed by atoms with Gasteiger partial charge < -0.3 is 19.4 Å². The van der Waals surface area contributed by atoms with Crippen LogP contribution in [0.4, 0.5) is 0 Å². The van der Waals surface area contributed by atoms with Gasteiger partial charge in [-0.2, -0.15) is 0 Å². The Morgan fingerprint density at radius 3 is 1.27 bits per heavy atom. The molecular weight excluding hydrogens is 976 g/mol. The number of phosphoric ester groups is 1. The number of esters is 1. The van der Waals surface area contributed by atoms with Crippen LogP contribution in [0.5, 0.6) is 0 Å². The van der Waals surface area contributed by atoms with Crippen molar-refractivity contribution in [2.24, 2.45) is 0 Å². The summed E-state index contributed by atoms with van der Waals surface area (Å²) in [6.07, 6.45) is 74.5. The van der Waals surface area contributed by atoms with Crippen molar-refractivity contribution in [3.8, 4) is 0 Å². The summed E-state index contributed by atoms with van der Waals surface area (Å²) in [5, 5.41) is 3.05. The maximum absolute atomic E-state index is 13.5. The number of carbonyl (C=O) groups excluding carboxylic acids is 2. The number of hydrogen-bond donors (Lipinski definition) is 2. The van der Waals surface area contributed by atoms with Gasteiger partial charge in [0, 0.05) is 12.8 Å². The number of ether oxygens (including phenoxy) is 1. The van der Waals surface area contributed by atoms with Crippen LogP contribution < -0.4 is 5.32 Å². The fourth-order valence-corrected chi connectivity index (χ4v) is 9.64. The van der Waals surface area contributed by atoms with E-state index < -0.39 is 20.0 Å². The largest absolute Gasteiger partial charge is 0.472 e. The molecule has 9 nitrogen and oxygen atoms in total. The summed E-state index contributed by atoms with van der Waals surface area (Å²) in [7, 11) is 1.48. The second-order valence-electron chi connectivity index (χ2n) is 22.5. The molecule has 0 radical (unpaired) electrons. The molecule has 0 aliphatic rings. The van der Waals surface area contributed by atoms with Crippen LogP contribution in [0.3, 0.4) is 0 Å². The van der Waals surface area contributed by atoms with Gasteiger partial charge in [0.2, 0.25) is 5.91 Å². The van der Waals surface area contributed by atoms with Gasteiger partial charge in [0.1, 0.15) is 19.3 Å². The number of unbranched alkanes of at least 4 members (excludes halogenated alkanes) is 29. The summed E-state index contributed by atoms with van der Waals surface area (Å²) >= 11 is 0. The molecule has 0 saturated heterocycles. The average Bonchev–Trinajstić information content (AvgIpc) is 3.39. The quantitative estimate of drug-likeness (QED) is 0.0205. The maximum atomic E-state index is 13.5. The van der Waals surface area contributed by atoms with E-state index in [4.69, 9.17) is 13.8 Å². The predicted octanol–water partition coefficient (Wildman–Crippen LogP) is 19.8. The molecule has 0 aliphatic heterocycles. The van der Waals surface area contributed by atoms with Gasteiger partial charge in [0.25, 0.3) is 0 Å². The van der Waals surface area contributed by atoms with Crippen molar-refractivity contribution < 1.29 is 37.3 Å². The van der Waals surface area contributed by atoms with E-state index in [1.54, 1.807) is 0 Å². The van der Waals surface area contributed by atoms with E-state index in [2.05, 4.69) is 99.0 Å². The van der Waals surface area contributed by atoms with Gasteiger partial charge in [-0.25, -0.2) is 4.57 Å². The third-order valence-corrected chi connectivity index (χ3v) is 14.8. The molecule has 0 spiro atoms. The highest BCUT2D eigenvalue weighted by molar-refractivity contribution is 7.47. The lowest BCUT2D eigenvalue weighted by Crippen LogP contribution is -2.47. The fraction of sp³-hybridized carbons (Fsp3) is 0.761. The summed E-state index contributed by atoms with van der Waals surface area (Å²) in [6.45, 7) is 6.88. The van der Waals surface area contributed by atoms with Gasteiger partial charge in [0.15, 0.2) is 0 Å².